The first kappa shape index (κ1) is 17.5. The lowest BCUT2D eigenvalue weighted by Gasteiger charge is -2.31. The largest absolute Gasteiger partial charge is 0.416 e. The van der Waals surface area contributed by atoms with E-state index in [2.05, 4.69) is 5.32 Å². The Hall–Kier alpha value is -1.56. The van der Waals surface area contributed by atoms with Crippen LogP contribution in [0.3, 0.4) is 0 Å². The van der Waals surface area contributed by atoms with Gasteiger partial charge in [-0.25, -0.2) is 0 Å². The highest BCUT2D eigenvalue weighted by Gasteiger charge is 2.30. The Morgan fingerprint density at radius 1 is 1.19 bits per heavy atom. The molecule has 0 spiro atoms. The number of nitrogens with one attached hydrogen (secondary N) is 1. The third-order valence-corrected chi connectivity index (χ3v) is 3.28. The van der Waals surface area contributed by atoms with Crippen molar-refractivity contribution >= 4 is 5.91 Å². The number of amides is 1. The summed E-state index contributed by atoms with van der Waals surface area (Å²) in [7, 11) is 0. The predicted molar refractivity (Wildman–Crippen MR) is 75.8 cm³/mol. The highest BCUT2D eigenvalue weighted by atomic mass is 19.4. The average Bonchev–Trinajstić information content (AvgIpc) is 2.36. The molecule has 0 radical (unpaired) electrons. The Morgan fingerprint density at radius 2 is 1.71 bits per heavy atom. The fourth-order valence-electron chi connectivity index (χ4n) is 1.94. The molecule has 0 aliphatic heterocycles. The first-order valence-corrected chi connectivity index (χ1v) is 6.74. The maximum atomic E-state index is 12.5. The van der Waals surface area contributed by atoms with Gasteiger partial charge in [-0.3, -0.25) is 4.79 Å². The molecule has 1 atom stereocenters. The van der Waals surface area contributed by atoms with Crippen molar-refractivity contribution in [1.29, 1.82) is 0 Å². The molecule has 1 aromatic rings. The summed E-state index contributed by atoms with van der Waals surface area (Å²) < 4.78 is 37.4. The normalized spacial score (nSPS) is 13.9. The third-order valence-electron chi connectivity index (χ3n) is 3.28. The molecule has 0 saturated heterocycles. The van der Waals surface area contributed by atoms with Crippen molar-refractivity contribution in [3.63, 3.8) is 0 Å². The maximum Gasteiger partial charge on any atom is 0.416 e. The van der Waals surface area contributed by atoms with Gasteiger partial charge in [0.15, 0.2) is 0 Å². The van der Waals surface area contributed by atoms with E-state index in [-0.39, 0.29) is 17.0 Å². The number of rotatable bonds is 4. The summed E-state index contributed by atoms with van der Waals surface area (Å²) >= 11 is 0. The zero-order chi connectivity index (χ0) is 16.3. The van der Waals surface area contributed by atoms with E-state index < -0.39 is 17.6 Å². The molecule has 0 aromatic heterocycles. The molecule has 1 amide bonds. The number of carbonyl (C=O) groups excluding carboxylic acids is 1. The van der Waals surface area contributed by atoms with Crippen molar-refractivity contribution in [2.75, 3.05) is 6.54 Å². The monoisotopic (exact) mass is 302 g/mol. The van der Waals surface area contributed by atoms with E-state index in [1.54, 1.807) is 0 Å². The number of alkyl halides is 3. The quantitative estimate of drug-likeness (QED) is 0.897. The molecule has 0 aliphatic carbocycles. The minimum Gasteiger partial charge on any atom is -0.349 e. The summed E-state index contributed by atoms with van der Waals surface area (Å²) in [5, 5.41) is 2.83. The number of halogens is 3. The van der Waals surface area contributed by atoms with Gasteiger partial charge in [0.25, 0.3) is 5.91 Å². The standard InChI is InChI=1S/C15H21F3N2O/c1-14(2,3)12(8-9-19)20-13(21)10-4-6-11(7-5-10)15(16,17)18/h4-7,12H,8-9,19H2,1-3H3,(H,20,21). The van der Waals surface area contributed by atoms with Crippen molar-refractivity contribution in [3.8, 4) is 0 Å². The number of hydrogen-bond donors (Lipinski definition) is 2. The Labute approximate surface area is 122 Å². The molecule has 0 bridgehead atoms. The summed E-state index contributed by atoms with van der Waals surface area (Å²) in [6.45, 7) is 6.34. The van der Waals surface area contributed by atoms with E-state index in [1.165, 1.54) is 12.1 Å². The second kappa shape index (κ2) is 6.47. The maximum absolute atomic E-state index is 12.5. The number of nitrogens with two attached hydrogens (primary N) is 1. The van der Waals surface area contributed by atoms with Gasteiger partial charge in [0, 0.05) is 11.6 Å². The van der Waals surface area contributed by atoms with E-state index >= 15 is 0 Å². The van der Waals surface area contributed by atoms with Crippen LogP contribution in [0.25, 0.3) is 0 Å². The van der Waals surface area contributed by atoms with Crippen LogP contribution in [-0.2, 0) is 6.18 Å². The fourth-order valence-corrected chi connectivity index (χ4v) is 1.94. The first-order valence-electron chi connectivity index (χ1n) is 6.74. The van der Waals surface area contributed by atoms with E-state index in [9.17, 15) is 18.0 Å². The molecular formula is C15H21F3N2O. The lowest BCUT2D eigenvalue weighted by Crippen LogP contribution is -2.44. The van der Waals surface area contributed by atoms with Gasteiger partial charge in [-0.2, -0.15) is 13.2 Å². The fraction of sp³-hybridized carbons (Fsp3) is 0.533. The highest BCUT2D eigenvalue weighted by Crippen LogP contribution is 2.29. The van der Waals surface area contributed by atoms with Gasteiger partial charge in [0.2, 0.25) is 0 Å². The molecule has 0 fully saturated rings. The zero-order valence-corrected chi connectivity index (χ0v) is 12.4. The molecule has 0 saturated carbocycles. The van der Waals surface area contributed by atoms with Crippen molar-refractivity contribution in [3.05, 3.63) is 35.4 Å². The molecule has 118 valence electrons. The zero-order valence-electron chi connectivity index (χ0n) is 12.4. The summed E-state index contributed by atoms with van der Waals surface area (Å²) in [4.78, 5) is 12.1. The second-order valence-electron chi connectivity index (χ2n) is 6.04. The van der Waals surface area contributed by atoms with Gasteiger partial charge in [-0.1, -0.05) is 20.8 Å². The van der Waals surface area contributed by atoms with Gasteiger partial charge in [-0.15, -0.1) is 0 Å². The van der Waals surface area contributed by atoms with Crippen LogP contribution in [0.2, 0.25) is 0 Å². The molecular weight excluding hydrogens is 281 g/mol. The van der Waals surface area contributed by atoms with Crippen LogP contribution in [0.15, 0.2) is 24.3 Å². The molecule has 1 aromatic carbocycles. The van der Waals surface area contributed by atoms with Gasteiger partial charge in [-0.05, 0) is 42.6 Å². The number of benzene rings is 1. The van der Waals surface area contributed by atoms with E-state index in [0.29, 0.717) is 13.0 Å². The number of hydrogen-bond acceptors (Lipinski definition) is 2. The van der Waals surface area contributed by atoms with Crippen LogP contribution in [-0.4, -0.2) is 18.5 Å². The van der Waals surface area contributed by atoms with Crippen LogP contribution in [0.1, 0.15) is 43.1 Å². The smallest absolute Gasteiger partial charge is 0.349 e. The Bertz CT molecular complexity index is 475. The summed E-state index contributed by atoms with van der Waals surface area (Å²) in [6.07, 6.45) is -3.79. The Kier molecular flexibility index (Phi) is 5.39. The predicted octanol–water partition coefficient (Wildman–Crippen LogP) is 3.20. The summed E-state index contributed by atoms with van der Waals surface area (Å²) in [5.41, 5.74) is 4.79. The van der Waals surface area contributed by atoms with Crippen molar-refractivity contribution in [2.45, 2.75) is 39.4 Å². The van der Waals surface area contributed by atoms with Crippen LogP contribution in [0, 0.1) is 5.41 Å². The third kappa shape index (κ3) is 5.04. The van der Waals surface area contributed by atoms with Gasteiger partial charge >= 0.3 is 6.18 Å². The SMILES string of the molecule is CC(C)(C)C(CCN)NC(=O)c1ccc(C(F)(F)F)cc1. The topological polar surface area (TPSA) is 55.1 Å². The lowest BCUT2D eigenvalue weighted by atomic mass is 9.84. The van der Waals surface area contributed by atoms with Crippen LogP contribution < -0.4 is 11.1 Å². The van der Waals surface area contributed by atoms with E-state index in [1.807, 2.05) is 20.8 Å². The van der Waals surface area contributed by atoms with Crippen LogP contribution in [0.5, 0.6) is 0 Å². The summed E-state index contributed by atoms with van der Waals surface area (Å²) in [6, 6.07) is 4.03. The van der Waals surface area contributed by atoms with Crippen molar-refractivity contribution < 1.29 is 18.0 Å². The van der Waals surface area contributed by atoms with Gasteiger partial charge in [0.05, 0.1) is 5.56 Å². The average molecular weight is 302 g/mol. The van der Waals surface area contributed by atoms with Crippen molar-refractivity contribution in [2.24, 2.45) is 11.1 Å². The van der Waals surface area contributed by atoms with E-state index in [4.69, 9.17) is 5.73 Å². The number of carbonyl (C=O) groups is 1. The second-order valence-corrected chi connectivity index (χ2v) is 6.04. The van der Waals surface area contributed by atoms with Crippen molar-refractivity contribution in [1.82, 2.24) is 5.32 Å². The Morgan fingerprint density at radius 3 is 2.10 bits per heavy atom. The molecule has 21 heavy (non-hydrogen) atoms. The molecule has 0 heterocycles. The highest BCUT2D eigenvalue weighted by molar-refractivity contribution is 5.94. The first-order chi connectivity index (χ1) is 9.55. The molecule has 0 aliphatic rings. The molecule has 1 unspecified atom stereocenters. The molecule has 3 nitrogen and oxygen atoms in total. The van der Waals surface area contributed by atoms with E-state index in [0.717, 1.165) is 12.1 Å². The minimum absolute atomic E-state index is 0.141. The molecule has 1 rings (SSSR count). The van der Waals surface area contributed by atoms with Gasteiger partial charge < -0.3 is 11.1 Å². The van der Waals surface area contributed by atoms with Crippen LogP contribution in [0.4, 0.5) is 13.2 Å². The molecule has 6 heteroatoms. The summed E-state index contributed by atoms with van der Waals surface area (Å²) in [5.74, 6) is -0.392. The van der Waals surface area contributed by atoms with Gasteiger partial charge in [0.1, 0.15) is 0 Å². The lowest BCUT2D eigenvalue weighted by molar-refractivity contribution is -0.137. The Balaban J connectivity index is 2.84. The molecule has 3 N–H and O–H groups in total. The minimum atomic E-state index is -4.40. The van der Waals surface area contributed by atoms with Crippen LogP contribution >= 0.6 is 0 Å².